The van der Waals surface area contributed by atoms with Gasteiger partial charge in [0.1, 0.15) is 0 Å². The molecule has 2 unspecified atom stereocenters. The third-order valence-electron chi connectivity index (χ3n) is 2.91. The summed E-state index contributed by atoms with van der Waals surface area (Å²) in [6, 6.07) is 2.31. The number of nitrogens with two attached hydrogens (primary N) is 1. The first-order valence-corrected chi connectivity index (χ1v) is 6.34. The van der Waals surface area contributed by atoms with E-state index in [9.17, 15) is 0 Å². The second-order valence-electron chi connectivity index (χ2n) is 4.85. The van der Waals surface area contributed by atoms with Crippen LogP contribution in [-0.2, 0) is 17.7 Å². The van der Waals surface area contributed by atoms with Crippen molar-refractivity contribution in [1.82, 2.24) is 9.78 Å². The Kier molecular flexibility index (Phi) is 5.65. The highest BCUT2D eigenvalue weighted by molar-refractivity contribution is 5.10. The molecule has 0 aliphatic heterocycles. The van der Waals surface area contributed by atoms with E-state index in [2.05, 4.69) is 25.0 Å². The van der Waals surface area contributed by atoms with Gasteiger partial charge in [-0.05, 0) is 32.3 Å². The molecule has 2 atom stereocenters. The zero-order valence-electron chi connectivity index (χ0n) is 11.4. The fraction of sp³-hybridized carbons (Fsp3) is 0.769. The third kappa shape index (κ3) is 4.48. The van der Waals surface area contributed by atoms with Crippen LogP contribution < -0.4 is 5.73 Å². The Morgan fingerprint density at radius 2 is 2.24 bits per heavy atom. The fourth-order valence-electron chi connectivity index (χ4n) is 2.26. The van der Waals surface area contributed by atoms with Gasteiger partial charge in [0.2, 0.25) is 0 Å². The van der Waals surface area contributed by atoms with E-state index in [1.165, 1.54) is 5.69 Å². The molecule has 1 aromatic heterocycles. The molecular weight excluding hydrogens is 214 g/mol. The Hall–Kier alpha value is -0.870. The Morgan fingerprint density at radius 3 is 2.82 bits per heavy atom. The average molecular weight is 239 g/mol. The van der Waals surface area contributed by atoms with E-state index in [1.807, 2.05) is 11.6 Å². The maximum absolute atomic E-state index is 6.17. The van der Waals surface area contributed by atoms with Crippen molar-refractivity contribution >= 4 is 0 Å². The number of methoxy groups -OCH3 is 1. The van der Waals surface area contributed by atoms with E-state index in [0.29, 0.717) is 5.92 Å². The van der Waals surface area contributed by atoms with Crippen LogP contribution >= 0.6 is 0 Å². The zero-order chi connectivity index (χ0) is 12.8. The van der Waals surface area contributed by atoms with E-state index >= 15 is 0 Å². The molecule has 4 heteroatoms. The molecule has 0 amide bonds. The smallest absolute Gasteiger partial charge is 0.0596 e. The van der Waals surface area contributed by atoms with E-state index in [4.69, 9.17) is 10.5 Å². The number of nitrogens with zero attached hydrogens (tertiary/aromatic N) is 2. The lowest BCUT2D eigenvalue weighted by Crippen LogP contribution is -2.27. The van der Waals surface area contributed by atoms with Crippen molar-refractivity contribution in [2.24, 2.45) is 11.7 Å². The summed E-state index contributed by atoms with van der Waals surface area (Å²) in [5, 5.41) is 4.43. The van der Waals surface area contributed by atoms with Crippen molar-refractivity contribution in [1.29, 1.82) is 0 Å². The van der Waals surface area contributed by atoms with Crippen LogP contribution in [0.25, 0.3) is 0 Å². The van der Waals surface area contributed by atoms with Crippen LogP contribution in [0.2, 0.25) is 0 Å². The Labute approximate surface area is 104 Å². The summed E-state index contributed by atoms with van der Waals surface area (Å²) in [7, 11) is 1.73. The van der Waals surface area contributed by atoms with Crippen LogP contribution in [0.15, 0.2) is 6.07 Å². The van der Waals surface area contributed by atoms with Gasteiger partial charge in [0.15, 0.2) is 0 Å². The van der Waals surface area contributed by atoms with Gasteiger partial charge in [-0.3, -0.25) is 4.68 Å². The molecule has 0 spiro atoms. The standard InChI is InChI=1S/C13H25N3O/c1-5-16-13(7-11(3)15-16)8-12(14)6-10(2)9-17-4/h7,10,12H,5-6,8-9,14H2,1-4H3. The summed E-state index contributed by atoms with van der Waals surface area (Å²) in [6.07, 6.45) is 1.88. The zero-order valence-corrected chi connectivity index (χ0v) is 11.4. The van der Waals surface area contributed by atoms with Crippen LogP contribution in [0.3, 0.4) is 0 Å². The van der Waals surface area contributed by atoms with E-state index in [0.717, 1.165) is 31.7 Å². The fourth-order valence-corrected chi connectivity index (χ4v) is 2.26. The molecule has 0 aliphatic rings. The van der Waals surface area contributed by atoms with Gasteiger partial charge in [0.05, 0.1) is 5.69 Å². The van der Waals surface area contributed by atoms with E-state index < -0.39 is 0 Å². The summed E-state index contributed by atoms with van der Waals surface area (Å²) in [5.74, 6) is 0.508. The van der Waals surface area contributed by atoms with Crippen molar-refractivity contribution < 1.29 is 4.74 Å². The predicted octanol–water partition coefficient (Wildman–Crippen LogP) is 1.75. The molecule has 0 radical (unpaired) electrons. The molecule has 0 saturated heterocycles. The minimum Gasteiger partial charge on any atom is -0.384 e. The third-order valence-corrected chi connectivity index (χ3v) is 2.91. The van der Waals surface area contributed by atoms with Crippen molar-refractivity contribution in [3.63, 3.8) is 0 Å². The highest BCUT2D eigenvalue weighted by Gasteiger charge is 2.13. The first-order valence-electron chi connectivity index (χ1n) is 6.34. The number of rotatable bonds is 7. The molecule has 0 saturated carbocycles. The molecule has 0 aliphatic carbocycles. The quantitative estimate of drug-likeness (QED) is 0.788. The maximum Gasteiger partial charge on any atom is 0.0596 e. The van der Waals surface area contributed by atoms with Gasteiger partial charge in [-0.25, -0.2) is 0 Å². The molecule has 0 aromatic carbocycles. The average Bonchev–Trinajstić information content (AvgIpc) is 2.58. The highest BCUT2D eigenvalue weighted by Crippen LogP contribution is 2.11. The molecule has 17 heavy (non-hydrogen) atoms. The van der Waals surface area contributed by atoms with Gasteiger partial charge in [0.25, 0.3) is 0 Å². The summed E-state index contributed by atoms with van der Waals surface area (Å²) >= 11 is 0. The molecule has 4 nitrogen and oxygen atoms in total. The number of hydrogen-bond donors (Lipinski definition) is 1. The van der Waals surface area contributed by atoms with Gasteiger partial charge in [0, 0.05) is 38.4 Å². The van der Waals surface area contributed by atoms with Gasteiger partial charge >= 0.3 is 0 Å². The summed E-state index contributed by atoms with van der Waals surface area (Å²) in [6.45, 7) is 7.98. The van der Waals surface area contributed by atoms with Crippen LogP contribution in [0.4, 0.5) is 0 Å². The lowest BCUT2D eigenvalue weighted by molar-refractivity contribution is 0.152. The van der Waals surface area contributed by atoms with Gasteiger partial charge in [-0.15, -0.1) is 0 Å². The molecule has 0 fully saturated rings. The lowest BCUT2D eigenvalue weighted by atomic mass is 9.99. The highest BCUT2D eigenvalue weighted by atomic mass is 16.5. The molecular formula is C13H25N3O. The molecule has 1 heterocycles. The number of hydrogen-bond acceptors (Lipinski definition) is 3. The molecule has 1 rings (SSSR count). The minimum atomic E-state index is 0.182. The van der Waals surface area contributed by atoms with Gasteiger partial charge in [-0.1, -0.05) is 6.92 Å². The second-order valence-corrected chi connectivity index (χ2v) is 4.85. The van der Waals surface area contributed by atoms with Crippen LogP contribution in [0, 0.1) is 12.8 Å². The SMILES string of the molecule is CCn1nc(C)cc1CC(N)CC(C)COC. The normalized spacial score (nSPS) is 14.9. The van der Waals surface area contributed by atoms with Crippen molar-refractivity contribution in [2.75, 3.05) is 13.7 Å². The van der Waals surface area contributed by atoms with Gasteiger partial charge in [-0.2, -0.15) is 5.10 Å². The first kappa shape index (κ1) is 14.2. The molecule has 0 bridgehead atoms. The number of aromatic nitrogens is 2. The van der Waals surface area contributed by atoms with Gasteiger partial charge < -0.3 is 10.5 Å². The van der Waals surface area contributed by atoms with Crippen LogP contribution in [0.5, 0.6) is 0 Å². The molecule has 1 aromatic rings. The maximum atomic E-state index is 6.17. The monoisotopic (exact) mass is 239 g/mol. The van der Waals surface area contributed by atoms with E-state index in [-0.39, 0.29) is 6.04 Å². The Morgan fingerprint density at radius 1 is 1.53 bits per heavy atom. The van der Waals surface area contributed by atoms with Crippen molar-refractivity contribution in [2.45, 2.75) is 46.2 Å². The molecule has 2 N–H and O–H groups in total. The largest absolute Gasteiger partial charge is 0.384 e. The summed E-state index contributed by atoms with van der Waals surface area (Å²) in [5.41, 5.74) is 8.48. The van der Waals surface area contributed by atoms with E-state index in [1.54, 1.807) is 7.11 Å². The first-order chi connectivity index (χ1) is 8.06. The lowest BCUT2D eigenvalue weighted by Gasteiger charge is -2.17. The van der Waals surface area contributed by atoms with Crippen molar-refractivity contribution in [3.05, 3.63) is 17.5 Å². The summed E-state index contributed by atoms with van der Waals surface area (Å²) in [4.78, 5) is 0. The number of aryl methyl sites for hydroxylation is 2. The Bertz CT molecular complexity index is 335. The predicted molar refractivity (Wildman–Crippen MR) is 70.0 cm³/mol. The summed E-state index contributed by atoms with van der Waals surface area (Å²) < 4.78 is 7.17. The van der Waals surface area contributed by atoms with Crippen LogP contribution in [-0.4, -0.2) is 29.5 Å². The van der Waals surface area contributed by atoms with Crippen molar-refractivity contribution in [3.8, 4) is 0 Å². The Balaban J connectivity index is 2.52. The molecule has 98 valence electrons. The number of ether oxygens (including phenoxy) is 1. The topological polar surface area (TPSA) is 53.1 Å². The second kappa shape index (κ2) is 6.77. The minimum absolute atomic E-state index is 0.182. The van der Waals surface area contributed by atoms with Crippen LogP contribution in [0.1, 0.15) is 31.7 Å².